The van der Waals surface area contributed by atoms with Crippen LogP contribution in [-0.2, 0) is 17.1 Å². The number of para-hydroxylation sites is 1. The molecule has 0 saturated heterocycles. The third-order valence-corrected chi connectivity index (χ3v) is 5.30. The summed E-state index contributed by atoms with van der Waals surface area (Å²) >= 11 is 5.97. The maximum absolute atomic E-state index is 13.3. The highest BCUT2D eigenvalue weighted by atomic mass is 35.5. The smallest absolute Gasteiger partial charge is 0.329 e. The molecule has 3 aromatic rings. The number of urea groups is 1. The topological polar surface area (TPSA) is 81.7 Å². The molecule has 30 heavy (non-hydrogen) atoms. The maximum atomic E-state index is 13.3. The molecule has 0 fully saturated rings. The molecule has 4 rings (SSSR count). The van der Waals surface area contributed by atoms with Crippen molar-refractivity contribution in [2.45, 2.75) is 19.2 Å². The zero-order chi connectivity index (χ0) is 21.3. The monoisotopic (exact) mass is 421 g/mol. The Morgan fingerprint density at radius 3 is 2.43 bits per heavy atom. The van der Waals surface area contributed by atoms with Gasteiger partial charge in [-0.3, -0.25) is 9.69 Å². The van der Waals surface area contributed by atoms with E-state index in [0.717, 1.165) is 16.0 Å². The molecule has 0 bridgehead atoms. The van der Waals surface area contributed by atoms with E-state index < -0.39 is 17.7 Å². The van der Waals surface area contributed by atoms with Crippen LogP contribution in [0, 0.1) is 6.92 Å². The molecule has 7 heteroatoms. The molecule has 0 saturated carbocycles. The SMILES string of the molecule is Cc1ccc(CNC(=O)[C@@]2(O)c3ccccc3NC(=O)N2c2ccc(Cl)cc2)cc1. The van der Waals surface area contributed by atoms with Gasteiger partial charge in [-0.25, -0.2) is 4.79 Å². The lowest BCUT2D eigenvalue weighted by Crippen LogP contribution is -2.62. The molecule has 0 aromatic heterocycles. The zero-order valence-electron chi connectivity index (χ0n) is 16.2. The standard InChI is InChI=1S/C23H20ClN3O3/c1-15-6-8-16(9-7-15)14-25-21(28)23(30)19-4-2-3-5-20(19)26-22(29)27(23)18-12-10-17(24)11-13-18/h2-13,30H,14H2,1H3,(H,25,28)(H,26,29)/t23-/m0/s1. The first-order chi connectivity index (χ1) is 14.4. The summed E-state index contributed by atoms with van der Waals surface area (Å²) < 4.78 is 0. The molecule has 1 aliphatic heterocycles. The number of nitrogens with one attached hydrogen (secondary N) is 2. The van der Waals surface area contributed by atoms with E-state index in [0.29, 0.717) is 16.4 Å². The van der Waals surface area contributed by atoms with Crippen molar-refractivity contribution in [1.29, 1.82) is 0 Å². The van der Waals surface area contributed by atoms with Crippen LogP contribution in [0.25, 0.3) is 0 Å². The Balaban J connectivity index is 1.74. The third kappa shape index (κ3) is 3.51. The number of carbonyl (C=O) groups excluding carboxylic acids is 2. The lowest BCUT2D eigenvalue weighted by molar-refractivity contribution is -0.140. The molecule has 0 aliphatic carbocycles. The minimum Gasteiger partial charge on any atom is -0.359 e. The summed E-state index contributed by atoms with van der Waals surface area (Å²) in [7, 11) is 0. The molecule has 0 radical (unpaired) electrons. The molecule has 0 spiro atoms. The van der Waals surface area contributed by atoms with Gasteiger partial charge in [0, 0.05) is 22.8 Å². The first kappa shape index (κ1) is 19.9. The predicted octanol–water partition coefficient (Wildman–Crippen LogP) is 4.16. The third-order valence-electron chi connectivity index (χ3n) is 5.05. The summed E-state index contributed by atoms with van der Waals surface area (Å²) in [6, 6.07) is 20.1. The number of aliphatic hydroxyl groups is 1. The summed E-state index contributed by atoms with van der Waals surface area (Å²) in [6.45, 7) is 2.19. The van der Waals surface area contributed by atoms with Crippen LogP contribution in [-0.4, -0.2) is 17.0 Å². The minimum absolute atomic E-state index is 0.208. The second kappa shape index (κ2) is 7.82. The van der Waals surface area contributed by atoms with Gasteiger partial charge < -0.3 is 15.7 Å². The summed E-state index contributed by atoms with van der Waals surface area (Å²) in [4.78, 5) is 27.3. The number of halogens is 1. The molecule has 1 heterocycles. The molecule has 3 N–H and O–H groups in total. The van der Waals surface area contributed by atoms with Crippen LogP contribution in [0.3, 0.4) is 0 Å². The molecule has 152 valence electrons. The van der Waals surface area contributed by atoms with Crippen molar-refractivity contribution in [2.24, 2.45) is 0 Å². The normalized spacial score (nSPS) is 17.8. The van der Waals surface area contributed by atoms with Crippen LogP contribution in [0.2, 0.25) is 5.02 Å². The van der Waals surface area contributed by atoms with E-state index in [4.69, 9.17) is 11.6 Å². The number of rotatable bonds is 4. The van der Waals surface area contributed by atoms with Gasteiger partial charge in [-0.2, -0.15) is 0 Å². The van der Waals surface area contributed by atoms with E-state index in [1.54, 1.807) is 48.5 Å². The van der Waals surface area contributed by atoms with Crippen molar-refractivity contribution in [3.8, 4) is 0 Å². The van der Waals surface area contributed by atoms with Crippen molar-refractivity contribution >= 4 is 34.9 Å². The Kier molecular flexibility index (Phi) is 5.20. The number of carbonyl (C=O) groups is 2. The van der Waals surface area contributed by atoms with Crippen molar-refractivity contribution in [2.75, 3.05) is 10.2 Å². The number of aryl methyl sites for hydroxylation is 1. The zero-order valence-corrected chi connectivity index (χ0v) is 17.0. The van der Waals surface area contributed by atoms with Crippen LogP contribution in [0.1, 0.15) is 16.7 Å². The van der Waals surface area contributed by atoms with Gasteiger partial charge in [0.15, 0.2) is 0 Å². The Morgan fingerprint density at radius 1 is 1.07 bits per heavy atom. The van der Waals surface area contributed by atoms with Crippen molar-refractivity contribution in [3.05, 3.63) is 94.5 Å². The second-order valence-electron chi connectivity index (χ2n) is 7.13. The Hall–Kier alpha value is -3.35. The fraction of sp³-hybridized carbons (Fsp3) is 0.130. The predicted molar refractivity (Wildman–Crippen MR) is 116 cm³/mol. The van der Waals surface area contributed by atoms with Crippen molar-refractivity contribution < 1.29 is 14.7 Å². The largest absolute Gasteiger partial charge is 0.359 e. The van der Waals surface area contributed by atoms with Crippen LogP contribution in [0.15, 0.2) is 72.8 Å². The summed E-state index contributed by atoms with van der Waals surface area (Å²) in [5.74, 6) is -0.708. The van der Waals surface area contributed by atoms with Crippen molar-refractivity contribution in [1.82, 2.24) is 5.32 Å². The van der Waals surface area contributed by atoms with Crippen LogP contribution in [0.5, 0.6) is 0 Å². The number of anilines is 2. The van der Waals surface area contributed by atoms with Gasteiger partial charge in [0.2, 0.25) is 0 Å². The van der Waals surface area contributed by atoms with Crippen molar-refractivity contribution in [3.63, 3.8) is 0 Å². The number of hydrogen-bond donors (Lipinski definition) is 3. The summed E-state index contributed by atoms with van der Waals surface area (Å²) in [5.41, 5.74) is 0.734. The fourth-order valence-corrected chi connectivity index (χ4v) is 3.59. The van der Waals surface area contributed by atoms with Gasteiger partial charge in [0.1, 0.15) is 0 Å². The van der Waals surface area contributed by atoms with Gasteiger partial charge in [-0.05, 0) is 42.8 Å². The maximum Gasteiger partial charge on any atom is 0.329 e. The van der Waals surface area contributed by atoms with Gasteiger partial charge in [-0.1, -0.05) is 59.6 Å². The molecule has 3 amide bonds. The van der Waals surface area contributed by atoms with Crippen LogP contribution < -0.4 is 15.5 Å². The summed E-state index contributed by atoms with van der Waals surface area (Å²) in [6.07, 6.45) is 0. The number of nitrogens with zero attached hydrogens (tertiary/aromatic N) is 1. The average Bonchev–Trinajstić information content (AvgIpc) is 2.74. The quantitative estimate of drug-likeness (QED) is 0.591. The van der Waals surface area contributed by atoms with E-state index in [-0.39, 0.29) is 12.1 Å². The average molecular weight is 422 g/mol. The molecule has 6 nitrogen and oxygen atoms in total. The van der Waals surface area contributed by atoms with E-state index in [1.807, 2.05) is 31.2 Å². The van der Waals surface area contributed by atoms with Gasteiger partial charge >= 0.3 is 6.03 Å². The van der Waals surface area contributed by atoms with E-state index in [2.05, 4.69) is 10.6 Å². The van der Waals surface area contributed by atoms with Crippen LogP contribution >= 0.6 is 11.6 Å². The number of amides is 3. The molecular weight excluding hydrogens is 402 g/mol. The number of hydrogen-bond acceptors (Lipinski definition) is 3. The lowest BCUT2D eigenvalue weighted by Gasteiger charge is -2.42. The summed E-state index contributed by atoms with van der Waals surface area (Å²) in [5, 5.41) is 17.7. The first-order valence-electron chi connectivity index (χ1n) is 9.42. The number of fused-ring (bicyclic) bond motifs is 1. The second-order valence-corrected chi connectivity index (χ2v) is 7.56. The highest BCUT2D eigenvalue weighted by Gasteiger charge is 2.51. The lowest BCUT2D eigenvalue weighted by atomic mass is 9.94. The van der Waals surface area contributed by atoms with E-state index >= 15 is 0 Å². The molecule has 3 aromatic carbocycles. The first-order valence-corrected chi connectivity index (χ1v) is 9.80. The van der Waals surface area contributed by atoms with Gasteiger partial charge in [0.25, 0.3) is 11.6 Å². The fourth-order valence-electron chi connectivity index (χ4n) is 3.46. The highest BCUT2D eigenvalue weighted by molar-refractivity contribution is 6.30. The molecule has 0 unspecified atom stereocenters. The van der Waals surface area contributed by atoms with E-state index in [1.165, 1.54) is 0 Å². The molecule has 1 atom stereocenters. The van der Waals surface area contributed by atoms with Gasteiger partial charge in [-0.15, -0.1) is 0 Å². The minimum atomic E-state index is -2.24. The van der Waals surface area contributed by atoms with E-state index in [9.17, 15) is 14.7 Å². The highest BCUT2D eigenvalue weighted by Crippen LogP contribution is 2.39. The van der Waals surface area contributed by atoms with Gasteiger partial charge in [0.05, 0.1) is 5.69 Å². The Labute approximate surface area is 179 Å². The number of benzene rings is 3. The molecule has 1 aliphatic rings. The molecular formula is C23H20ClN3O3. The Bertz CT molecular complexity index is 1100. The Morgan fingerprint density at radius 2 is 1.73 bits per heavy atom. The van der Waals surface area contributed by atoms with Crippen LogP contribution in [0.4, 0.5) is 16.2 Å².